The fourth-order valence-corrected chi connectivity index (χ4v) is 6.00. The number of hydrogen-bond donors (Lipinski definition) is 1. The van der Waals surface area contributed by atoms with Gasteiger partial charge in [-0.25, -0.2) is 23.4 Å². The highest BCUT2D eigenvalue weighted by Gasteiger charge is 2.36. The molecule has 37 heavy (non-hydrogen) atoms. The number of nitrogens with zero attached hydrogens (tertiary/aromatic N) is 7. The molecular formula is C22H27F3N8O3S. The van der Waals surface area contributed by atoms with Crippen molar-refractivity contribution in [2.24, 2.45) is 7.05 Å². The van der Waals surface area contributed by atoms with Crippen LogP contribution in [0.25, 0.3) is 11.3 Å². The number of nitrogens with one attached hydrogen (secondary N) is 1. The topological polar surface area (TPSA) is 120 Å². The molecule has 5 rings (SSSR count). The molecule has 11 nitrogen and oxygen atoms in total. The van der Waals surface area contributed by atoms with Crippen molar-refractivity contribution < 1.29 is 26.3 Å². The maximum atomic E-state index is 13.8. The van der Waals surface area contributed by atoms with Gasteiger partial charge in [0.1, 0.15) is 5.56 Å². The van der Waals surface area contributed by atoms with Gasteiger partial charge in [-0.3, -0.25) is 4.68 Å². The average molecular weight is 541 g/mol. The summed E-state index contributed by atoms with van der Waals surface area (Å²) in [7, 11) is -2.02. The first-order valence-electron chi connectivity index (χ1n) is 11.9. The molecule has 0 unspecified atom stereocenters. The van der Waals surface area contributed by atoms with Crippen LogP contribution in [0, 0.1) is 0 Å². The Morgan fingerprint density at radius 3 is 2.43 bits per heavy atom. The molecule has 0 aromatic carbocycles. The van der Waals surface area contributed by atoms with Crippen molar-refractivity contribution in [3.63, 3.8) is 0 Å². The number of piperidine rings is 1. The van der Waals surface area contributed by atoms with Gasteiger partial charge in [-0.15, -0.1) is 0 Å². The Balaban J connectivity index is 1.31. The van der Waals surface area contributed by atoms with Crippen molar-refractivity contribution in [2.75, 3.05) is 31.6 Å². The lowest BCUT2D eigenvalue weighted by molar-refractivity contribution is -0.137. The lowest BCUT2D eigenvalue weighted by Gasteiger charge is -2.31. The molecule has 2 fully saturated rings. The number of anilines is 1. The summed E-state index contributed by atoms with van der Waals surface area (Å²) < 4.78 is 76.9. The molecule has 0 amide bonds. The quantitative estimate of drug-likeness (QED) is 0.507. The SMILES string of the molecule is Cn1cnc(S(=O)(=O)N2CCC(Nc3ncc(C(F)(F)F)c(-c4cnn(C5CCOCC5)c4)n3)CC2)c1. The zero-order chi connectivity index (χ0) is 26.2. The number of alkyl halides is 3. The van der Waals surface area contributed by atoms with Crippen molar-refractivity contribution in [3.05, 3.63) is 36.7 Å². The Labute approximate surface area is 211 Å². The van der Waals surface area contributed by atoms with Gasteiger partial charge in [0.2, 0.25) is 5.95 Å². The molecule has 0 saturated carbocycles. The van der Waals surface area contributed by atoms with Crippen molar-refractivity contribution in [2.45, 2.75) is 49.0 Å². The van der Waals surface area contributed by atoms with Crippen LogP contribution in [-0.2, 0) is 28.0 Å². The lowest BCUT2D eigenvalue weighted by atomic mass is 10.1. The van der Waals surface area contributed by atoms with Crippen molar-refractivity contribution in [1.82, 2.24) is 33.6 Å². The molecule has 0 spiro atoms. The minimum atomic E-state index is -4.64. The van der Waals surface area contributed by atoms with Gasteiger partial charge < -0.3 is 14.6 Å². The number of rotatable bonds is 6. The van der Waals surface area contributed by atoms with E-state index in [4.69, 9.17) is 4.74 Å². The van der Waals surface area contributed by atoms with E-state index in [2.05, 4.69) is 25.4 Å². The van der Waals surface area contributed by atoms with Crippen molar-refractivity contribution in [1.29, 1.82) is 0 Å². The summed E-state index contributed by atoms with van der Waals surface area (Å²) in [5.41, 5.74) is -0.945. The van der Waals surface area contributed by atoms with Gasteiger partial charge in [0.05, 0.1) is 24.3 Å². The molecule has 2 aliphatic rings. The first-order chi connectivity index (χ1) is 17.6. The van der Waals surface area contributed by atoms with E-state index >= 15 is 0 Å². The third-order valence-corrected chi connectivity index (χ3v) is 8.39. The minimum absolute atomic E-state index is 0.0153. The van der Waals surface area contributed by atoms with Crippen LogP contribution in [0.2, 0.25) is 0 Å². The number of hydrogen-bond acceptors (Lipinski definition) is 8. The van der Waals surface area contributed by atoms with Gasteiger partial charge in [-0.05, 0) is 25.7 Å². The molecule has 0 aliphatic carbocycles. The number of ether oxygens (including phenoxy) is 1. The van der Waals surface area contributed by atoms with E-state index in [0.717, 1.165) is 19.0 Å². The lowest BCUT2D eigenvalue weighted by Crippen LogP contribution is -2.42. The van der Waals surface area contributed by atoms with Gasteiger partial charge in [0, 0.05) is 63.5 Å². The Morgan fingerprint density at radius 1 is 1.05 bits per heavy atom. The summed E-state index contributed by atoms with van der Waals surface area (Å²) in [5.74, 6) is 0.0489. The predicted molar refractivity (Wildman–Crippen MR) is 126 cm³/mol. The summed E-state index contributed by atoms with van der Waals surface area (Å²) >= 11 is 0. The van der Waals surface area contributed by atoms with Crippen LogP contribution in [0.5, 0.6) is 0 Å². The fourth-order valence-electron chi connectivity index (χ4n) is 4.57. The molecule has 15 heteroatoms. The molecule has 3 aromatic heterocycles. The van der Waals surface area contributed by atoms with E-state index in [0.29, 0.717) is 26.1 Å². The highest BCUT2D eigenvalue weighted by molar-refractivity contribution is 7.89. The molecule has 2 saturated heterocycles. The molecule has 5 heterocycles. The van der Waals surface area contributed by atoms with Crippen LogP contribution < -0.4 is 5.32 Å². The first kappa shape index (κ1) is 25.6. The molecule has 2 aliphatic heterocycles. The van der Waals surface area contributed by atoms with Crippen LogP contribution in [0.1, 0.15) is 37.3 Å². The van der Waals surface area contributed by atoms with E-state index in [9.17, 15) is 21.6 Å². The van der Waals surface area contributed by atoms with Gasteiger partial charge in [0.25, 0.3) is 10.0 Å². The molecule has 0 atom stereocenters. The second-order valence-corrected chi connectivity index (χ2v) is 11.1. The predicted octanol–water partition coefficient (Wildman–Crippen LogP) is 2.71. The number of sulfonamides is 1. The fraction of sp³-hybridized carbons (Fsp3) is 0.545. The maximum absolute atomic E-state index is 13.8. The molecular weight excluding hydrogens is 513 g/mol. The number of halogens is 3. The Hall–Kier alpha value is -3.04. The second kappa shape index (κ2) is 10.0. The van der Waals surface area contributed by atoms with Crippen LogP contribution in [0.3, 0.4) is 0 Å². The Bertz CT molecular complexity index is 1340. The maximum Gasteiger partial charge on any atom is 0.419 e. The Morgan fingerprint density at radius 2 is 1.78 bits per heavy atom. The summed E-state index contributed by atoms with van der Waals surface area (Å²) in [6.45, 7) is 1.64. The molecule has 200 valence electrons. The highest BCUT2D eigenvalue weighted by Crippen LogP contribution is 2.36. The zero-order valence-corrected chi connectivity index (χ0v) is 20.9. The standard InChI is InChI=1S/C22H27F3N8O3S/c1-31-13-19(27-14-31)37(34,35)32-6-2-16(3-7-32)29-21-26-11-18(22(23,24)25)20(30-21)15-10-28-33(12-15)17-4-8-36-9-5-17/h10-14,16-17H,2-9H2,1H3,(H,26,29,30). The monoisotopic (exact) mass is 540 g/mol. The van der Waals surface area contributed by atoms with E-state index in [1.165, 1.54) is 23.0 Å². The van der Waals surface area contributed by atoms with E-state index in [1.807, 2.05) is 0 Å². The van der Waals surface area contributed by atoms with Gasteiger partial charge in [-0.1, -0.05) is 0 Å². The number of aryl methyl sites for hydroxylation is 1. The minimum Gasteiger partial charge on any atom is -0.381 e. The largest absolute Gasteiger partial charge is 0.419 e. The Kier molecular flexibility index (Phi) is 6.93. The van der Waals surface area contributed by atoms with Gasteiger partial charge >= 0.3 is 6.18 Å². The molecule has 1 N–H and O–H groups in total. The first-order valence-corrected chi connectivity index (χ1v) is 13.4. The third kappa shape index (κ3) is 5.48. The molecule has 0 bridgehead atoms. The van der Waals surface area contributed by atoms with E-state index in [-0.39, 0.29) is 47.4 Å². The van der Waals surface area contributed by atoms with Crippen molar-refractivity contribution in [3.8, 4) is 11.3 Å². The number of aromatic nitrogens is 6. The van der Waals surface area contributed by atoms with Gasteiger partial charge in [0.15, 0.2) is 5.03 Å². The molecule has 3 aromatic rings. The van der Waals surface area contributed by atoms with Crippen LogP contribution in [-0.4, -0.2) is 74.4 Å². The molecule has 0 radical (unpaired) electrons. The van der Waals surface area contributed by atoms with Gasteiger partial charge in [-0.2, -0.15) is 22.6 Å². The number of imidazole rings is 1. The second-order valence-electron chi connectivity index (χ2n) is 9.21. The van der Waals surface area contributed by atoms with E-state index < -0.39 is 21.8 Å². The summed E-state index contributed by atoms with van der Waals surface area (Å²) in [4.78, 5) is 12.1. The third-order valence-electron chi connectivity index (χ3n) is 6.61. The van der Waals surface area contributed by atoms with Crippen LogP contribution in [0.4, 0.5) is 19.1 Å². The van der Waals surface area contributed by atoms with Crippen molar-refractivity contribution >= 4 is 16.0 Å². The summed E-state index contributed by atoms with van der Waals surface area (Å²) in [5, 5.41) is 7.35. The summed E-state index contributed by atoms with van der Waals surface area (Å²) in [6.07, 6.45) is 4.32. The smallest absolute Gasteiger partial charge is 0.381 e. The zero-order valence-electron chi connectivity index (χ0n) is 20.1. The summed E-state index contributed by atoms with van der Waals surface area (Å²) in [6, 6.07) is -0.145. The highest BCUT2D eigenvalue weighted by atomic mass is 32.2. The van der Waals surface area contributed by atoms with Crippen LogP contribution in [0.15, 0.2) is 36.1 Å². The normalized spacial score (nSPS) is 18.8. The average Bonchev–Trinajstić information content (AvgIpc) is 3.54. The van der Waals surface area contributed by atoms with Crippen LogP contribution >= 0.6 is 0 Å². The van der Waals surface area contributed by atoms with E-state index in [1.54, 1.807) is 22.5 Å².